The molecule has 51 heavy (non-hydrogen) atoms. The number of ether oxygens (including phenoxy) is 1. The molecule has 9 nitrogen and oxygen atoms in total. The molecule has 2 N–H and O–H groups in total. The van der Waals surface area contributed by atoms with E-state index in [4.69, 9.17) is 14.7 Å². The van der Waals surface area contributed by atoms with Crippen LogP contribution in [0, 0.1) is 23.7 Å². The van der Waals surface area contributed by atoms with E-state index >= 15 is 0 Å². The molecular formula is C42H51N5O4. The third kappa shape index (κ3) is 7.87. The first-order valence-electron chi connectivity index (χ1n) is 18.9. The molecule has 1 saturated heterocycles. The van der Waals surface area contributed by atoms with Crippen molar-refractivity contribution in [3.63, 3.8) is 0 Å². The Kier molecular flexibility index (Phi) is 10.5. The molecule has 3 fully saturated rings. The number of alkyl carbamates (subject to hydrolysis) is 1. The highest BCUT2D eigenvalue weighted by Crippen LogP contribution is 2.38. The fraction of sp³-hybridized carbons (Fsp3) is 0.500. The van der Waals surface area contributed by atoms with Crippen molar-refractivity contribution in [1.82, 2.24) is 15.5 Å². The zero-order chi connectivity index (χ0) is 35.5. The van der Waals surface area contributed by atoms with Crippen LogP contribution in [0.2, 0.25) is 0 Å². The van der Waals surface area contributed by atoms with E-state index in [-0.39, 0.29) is 35.6 Å². The summed E-state index contributed by atoms with van der Waals surface area (Å²) in [7, 11) is 1.31. The highest BCUT2D eigenvalue weighted by Gasteiger charge is 2.39. The second-order valence-electron chi connectivity index (χ2n) is 15.3. The molecule has 2 aromatic rings. The maximum atomic E-state index is 13.5. The minimum absolute atomic E-state index is 0.0495. The van der Waals surface area contributed by atoms with E-state index in [2.05, 4.69) is 59.2 Å². The lowest BCUT2D eigenvalue weighted by atomic mass is 9.75. The summed E-state index contributed by atoms with van der Waals surface area (Å²) in [6, 6.07) is 16.7. The Morgan fingerprint density at radius 2 is 1.37 bits per heavy atom. The molecule has 0 unspecified atom stereocenters. The zero-order valence-corrected chi connectivity index (χ0v) is 30.2. The topological polar surface area (TPSA) is 112 Å². The fourth-order valence-corrected chi connectivity index (χ4v) is 8.23. The predicted octanol–water partition coefficient (Wildman–Crippen LogP) is 7.43. The Labute approximate surface area is 301 Å². The van der Waals surface area contributed by atoms with Crippen LogP contribution in [0.15, 0.2) is 70.9 Å². The molecular weight excluding hydrogens is 638 g/mol. The monoisotopic (exact) mass is 689 g/mol. The lowest BCUT2D eigenvalue weighted by Crippen LogP contribution is -2.53. The maximum Gasteiger partial charge on any atom is 0.407 e. The summed E-state index contributed by atoms with van der Waals surface area (Å²) in [4.78, 5) is 50.1. The van der Waals surface area contributed by atoms with Crippen molar-refractivity contribution in [2.24, 2.45) is 33.7 Å². The van der Waals surface area contributed by atoms with Crippen molar-refractivity contribution in [1.29, 1.82) is 0 Å². The molecule has 3 heterocycles. The molecule has 9 heteroatoms. The van der Waals surface area contributed by atoms with E-state index in [9.17, 15) is 14.4 Å². The van der Waals surface area contributed by atoms with E-state index in [1.807, 2.05) is 31.1 Å². The van der Waals surface area contributed by atoms with Gasteiger partial charge in [0.15, 0.2) is 0 Å². The Balaban J connectivity index is 0.934. The van der Waals surface area contributed by atoms with Crippen molar-refractivity contribution in [2.75, 3.05) is 20.2 Å². The lowest BCUT2D eigenvalue weighted by molar-refractivity contribution is -0.134. The molecule has 5 aliphatic rings. The Morgan fingerprint density at radius 1 is 0.784 bits per heavy atom. The Hall–Kier alpha value is -4.53. The van der Waals surface area contributed by atoms with Gasteiger partial charge in [-0.2, -0.15) is 0 Å². The van der Waals surface area contributed by atoms with E-state index in [0.29, 0.717) is 18.9 Å². The summed E-state index contributed by atoms with van der Waals surface area (Å²) in [5.41, 5.74) is 9.15. The molecule has 4 atom stereocenters. The number of allylic oxidation sites excluding steroid dienone is 2. The molecule has 0 spiro atoms. The van der Waals surface area contributed by atoms with Gasteiger partial charge >= 0.3 is 6.09 Å². The average molecular weight is 690 g/mol. The fourth-order valence-electron chi connectivity index (χ4n) is 8.23. The van der Waals surface area contributed by atoms with Crippen molar-refractivity contribution >= 4 is 40.5 Å². The van der Waals surface area contributed by atoms with Gasteiger partial charge in [-0.15, -0.1) is 0 Å². The van der Waals surface area contributed by atoms with Crippen molar-refractivity contribution in [3.05, 3.63) is 72.1 Å². The zero-order valence-electron chi connectivity index (χ0n) is 30.2. The van der Waals surface area contributed by atoms with Crippen molar-refractivity contribution < 1.29 is 19.1 Å². The molecule has 0 bridgehead atoms. The number of hydrogen-bond acceptors (Lipinski definition) is 6. The van der Waals surface area contributed by atoms with Crippen LogP contribution in [0.1, 0.15) is 89.2 Å². The van der Waals surface area contributed by atoms with E-state index < -0.39 is 12.1 Å². The number of hydrogen-bond donors (Lipinski definition) is 2. The summed E-state index contributed by atoms with van der Waals surface area (Å²) in [6.07, 6.45) is 13.5. The number of carbonyl (C=O) groups excluding carboxylic acids is 3. The van der Waals surface area contributed by atoms with Gasteiger partial charge in [-0.3, -0.25) is 19.6 Å². The van der Waals surface area contributed by atoms with E-state index in [1.54, 1.807) is 0 Å². The number of nitrogens with zero attached hydrogens (tertiary/aromatic N) is 3. The van der Waals surface area contributed by atoms with Crippen molar-refractivity contribution in [3.8, 4) is 11.1 Å². The average Bonchev–Trinajstić information content (AvgIpc) is 3.51. The van der Waals surface area contributed by atoms with Gasteiger partial charge in [-0.1, -0.05) is 75.2 Å². The summed E-state index contributed by atoms with van der Waals surface area (Å²) < 4.78 is 4.77. The van der Waals surface area contributed by atoms with E-state index in [1.165, 1.54) is 43.2 Å². The van der Waals surface area contributed by atoms with Gasteiger partial charge in [-0.05, 0) is 83.8 Å². The molecule has 0 radical (unpaired) electrons. The second-order valence-corrected chi connectivity index (χ2v) is 15.3. The first-order chi connectivity index (χ1) is 24.8. The van der Waals surface area contributed by atoms with Crippen LogP contribution in [0.3, 0.4) is 0 Å². The van der Waals surface area contributed by atoms with Crippen LogP contribution in [0.25, 0.3) is 22.3 Å². The highest BCUT2D eigenvalue weighted by molar-refractivity contribution is 6.04. The molecule has 3 aliphatic heterocycles. The number of aliphatic imine (C=N–C) groups is 2. The van der Waals surface area contributed by atoms with E-state index in [0.717, 1.165) is 73.0 Å². The van der Waals surface area contributed by atoms with Crippen LogP contribution in [-0.4, -0.2) is 66.5 Å². The van der Waals surface area contributed by atoms with Crippen LogP contribution in [0.4, 0.5) is 4.79 Å². The summed E-state index contributed by atoms with van der Waals surface area (Å²) in [6.45, 7) is 5.35. The van der Waals surface area contributed by atoms with Crippen LogP contribution < -0.4 is 10.6 Å². The summed E-state index contributed by atoms with van der Waals surface area (Å²) >= 11 is 0. The van der Waals surface area contributed by atoms with Gasteiger partial charge < -0.3 is 20.3 Å². The minimum Gasteiger partial charge on any atom is -0.453 e. The molecule has 7 rings (SSSR count). The normalized spacial score (nSPS) is 23.7. The van der Waals surface area contributed by atoms with Crippen LogP contribution >= 0.6 is 0 Å². The Bertz CT molecular complexity index is 1750. The third-order valence-electron chi connectivity index (χ3n) is 11.5. The summed E-state index contributed by atoms with van der Waals surface area (Å²) in [5.74, 6) is 1.07. The highest BCUT2D eigenvalue weighted by atomic mass is 16.5. The van der Waals surface area contributed by atoms with Gasteiger partial charge in [0.1, 0.15) is 6.04 Å². The molecule has 2 saturated carbocycles. The molecule has 0 aromatic heterocycles. The number of amides is 3. The van der Waals surface area contributed by atoms with Crippen molar-refractivity contribution in [2.45, 2.75) is 90.1 Å². The van der Waals surface area contributed by atoms with Gasteiger partial charge in [0.2, 0.25) is 11.8 Å². The number of benzene rings is 2. The molecule has 3 amide bonds. The lowest BCUT2D eigenvalue weighted by Gasteiger charge is -2.31. The molecule has 268 valence electrons. The quantitative estimate of drug-likeness (QED) is 0.256. The van der Waals surface area contributed by atoms with Crippen LogP contribution in [-0.2, 0) is 14.3 Å². The maximum absolute atomic E-state index is 13.5. The standard InChI is InChI=1S/C42H51N5O4/c1-26(2)39(46-42(50)51-3)41(49)47-20-6-9-38(47)37-22-33(25-44-37)31-18-14-29(15-19-31)28-12-16-30(17-13-28)32-21-36(43-24-32)34-7-4-5-8-35(34)40(48)45-23-27-10-11-27/h12-19,24-27,34-35,38-39H,4-11,20-23H2,1-3H3,(H,45,48)(H,46,50)/t34-,35+,38-,39-/m0/s1. The van der Waals surface area contributed by atoms with Gasteiger partial charge in [0, 0.05) is 61.6 Å². The number of rotatable bonds is 11. The first kappa shape index (κ1) is 34.9. The minimum atomic E-state index is -0.639. The predicted molar refractivity (Wildman–Crippen MR) is 202 cm³/mol. The number of nitrogens with one attached hydrogen (secondary N) is 2. The van der Waals surface area contributed by atoms with Gasteiger partial charge in [0.25, 0.3) is 0 Å². The molecule has 2 aromatic carbocycles. The second kappa shape index (κ2) is 15.4. The van der Waals surface area contributed by atoms with Gasteiger partial charge in [0.05, 0.1) is 13.2 Å². The van der Waals surface area contributed by atoms with Crippen LogP contribution in [0.5, 0.6) is 0 Å². The number of likely N-dealkylation sites (tertiary alicyclic amines) is 1. The summed E-state index contributed by atoms with van der Waals surface area (Å²) in [5, 5.41) is 5.96. The SMILES string of the molecule is COC(=O)N[C@H](C(=O)N1CCC[C@H]1C1=NC=C(c2ccc(-c3ccc(C4=CN=C([C@H]5CCCC[C@H]5C(=O)NCC5CC5)C4)cc3)cc2)C1)C(C)C. The number of carbonyl (C=O) groups is 3. The number of methoxy groups -OCH3 is 1. The Morgan fingerprint density at radius 3 is 1.98 bits per heavy atom. The first-order valence-corrected chi connectivity index (χ1v) is 18.9. The molecule has 2 aliphatic carbocycles. The largest absolute Gasteiger partial charge is 0.453 e. The van der Waals surface area contributed by atoms with Gasteiger partial charge in [-0.25, -0.2) is 4.79 Å². The smallest absolute Gasteiger partial charge is 0.407 e. The third-order valence-corrected chi connectivity index (χ3v) is 11.5.